The number of hydrogen-bond donors (Lipinski definition) is 2. The number of anilines is 1. The number of H-pyrrole nitrogens is 1. The van der Waals surface area contributed by atoms with Crippen molar-refractivity contribution in [1.82, 2.24) is 14.5 Å². The lowest BCUT2D eigenvalue weighted by Gasteiger charge is -2.09. The zero-order valence-corrected chi connectivity index (χ0v) is 15.6. The summed E-state index contributed by atoms with van der Waals surface area (Å²) in [7, 11) is 0. The van der Waals surface area contributed by atoms with E-state index in [0.717, 1.165) is 5.39 Å². The van der Waals surface area contributed by atoms with E-state index in [1.807, 2.05) is 24.3 Å². The zero-order valence-electron chi connectivity index (χ0n) is 14.8. The highest BCUT2D eigenvalue weighted by Gasteiger charge is 2.12. The van der Waals surface area contributed by atoms with E-state index in [9.17, 15) is 9.59 Å². The van der Waals surface area contributed by atoms with Crippen molar-refractivity contribution in [3.63, 3.8) is 0 Å². The van der Waals surface area contributed by atoms with Gasteiger partial charge in [0.15, 0.2) is 4.77 Å². The van der Waals surface area contributed by atoms with Crippen LogP contribution in [-0.2, 0) is 6.54 Å². The molecule has 0 fully saturated rings. The Morgan fingerprint density at radius 1 is 1.25 bits per heavy atom. The summed E-state index contributed by atoms with van der Waals surface area (Å²) in [5, 5.41) is 4.28. The van der Waals surface area contributed by atoms with Crippen LogP contribution in [0.15, 0.2) is 72.2 Å². The highest BCUT2D eigenvalue weighted by molar-refractivity contribution is 7.71. The van der Waals surface area contributed by atoms with Gasteiger partial charge in [-0.25, -0.2) is 0 Å². The van der Waals surface area contributed by atoms with Crippen molar-refractivity contribution < 1.29 is 4.79 Å². The number of nitrogens with one attached hydrogen (secondary N) is 2. The molecule has 0 bridgehead atoms. The first-order chi connectivity index (χ1) is 13.6. The van der Waals surface area contributed by atoms with Crippen LogP contribution in [0.4, 0.5) is 5.69 Å². The van der Waals surface area contributed by atoms with E-state index in [4.69, 9.17) is 12.2 Å². The van der Waals surface area contributed by atoms with Crippen LogP contribution in [0.1, 0.15) is 10.4 Å². The van der Waals surface area contributed by atoms with Gasteiger partial charge in [0, 0.05) is 23.7 Å². The fourth-order valence-corrected chi connectivity index (χ4v) is 3.36. The Labute approximate surface area is 165 Å². The molecule has 0 aliphatic heterocycles. The van der Waals surface area contributed by atoms with Crippen molar-refractivity contribution in [1.29, 1.82) is 0 Å². The monoisotopic (exact) mass is 388 g/mol. The molecule has 0 aliphatic rings. The first kappa shape index (κ1) is 17.8. The predicted molar refractivity (Wildman–Crippen MR) is 113 cm³/mol. The smallest absolute Gasteiger partial charge is 0.262 e. The maximum absolute atomic E-state index is 12.8. The van der Waals surface area contributed by atoms with Crippen LogP contribution in [0.25, 0.3) is 21.8 Å². The first-order valence-corrected chi connectivity index (χ1v) is 9.02. The molecular formula is C21H16N4O2S. The summed E-state index contributed by atoms with van der Waals surface area (Å²) in [6, 6.07) is 14.2. The highest BCUT2D eigenvalue weighted by atomic mass is 32.1. The lowest BCUT2D eigenvalue weighted by Crippen LogP contribution is -2.22. The second-order valence-corrected chi connectivity index (χ2v) is 6.62. The zero-order chi connectivity index (χ0) is 19.7. The van der Waals surface area contributed by atoms with Crippen LogP contribution in [0, 0.1) is 4.77 Å². The number of fused-ring (bicyclic) bond motifs is 2. The molecular weight excluding hydrogens is 372 g/mol. The number of allylic oxidation sites excluding steroid dienone is 1. The maximum atomic E-state index is 12.8. The summed E-state index contributed by atoms with van der Waals surface area (Å²) in [4.78, 5) is 32.7. The molecule has 138 valence electrons. The lowest BCUT2D eigenvalue weighted by atomic mass is 10.1. The van der Waals surface area contributed by atoms with Gasteiger partial charge in [0.05, 0.1) is 22.1 Å². The van der Waals surface area contributed by atoms with Crippen molar-refractivity contribution in [2.24, 2.45) is 0 Å². The second-order valence-electron chi connectivity index (χ2n) is 6.23. The number of amides is 1. The molecule has 0 spiro atoms. The number of carbonyl (C=O) groups excluding carboxylic acids is 1. The molecule has 0 aliphatic carbocycles. The van der Waals surface area contributed by atoms with Crippen LogP contribution in [-0.4, -0.2) is 20.4 Å². The molecule has 28 heavy (non-hydrogen) atoms. The number of nitrogens with zero attached hydrogens (tertiary/aromatic N) is 2. The van der Waals surface area contributed by atoms with Crippen LogP contribution in [0.2, 0.25) is 0 Å². The van der Waals surface area contributed by atoms with Crippen LogP contribution in [0.3, 0.4) is 0 Å². The van der Waals surface area contributed by atoms with Gasteiger partial charge in [-0.05, 0) is 42.5 Å². The molecule has 2 aromatic carbocycles. The summed E-state index contributed by atoms with van der Waals surface area (Å²) in [6.45, 7) is 3.96. The quantitative estimate of drug-likeness (QED) is 0.408. The third-order valence-electron chi connectivity index (χ3n) is 4.44. The highest BCUT2D eigenvalue weighted by Crippen LogP contribution is 2.21. The van der Waals surface area contributed by atoms with Crippen molar-refractivity contribution in [2.45, 2.75) is 6.54 Å². The molecule has 0 atom stereocenters. The van der Waals surface area contributed by atoms with Gasteiger partial charge in [-0.1, -0.05) is 24.3 Å². The van der Waals surface area contributed by atoms with Gasteiger partial charge >= 0.3 is 0 Å². The summed E-state index contributed by atoms with van der Waals surface area (Å²) >= 11 is 5.25. The van der Waals surface area contributed by atoms with Gasteiger partial charge in [-0.2, -0.15) is 0 Å². The Kier molecular flexibility index (Phi) is 4.58. The normalized spacial score (nSPS) is 10.9. The molecule has 4 rings (SSSR count). The Bertz CT molecular complexity index is 1350. The average molecular weight is 388 g/mol. The van der Waals surface area contributed by atoms with Crippen molar-refractivity contribution in [2.75, 3.05) is 5.32 Å². The Balaban J connectivity index is 1.73. The van der Waals surface area contributed by atoms with E-state index in [0.29, 0.717) is 34.2 Å². The number of carbonyl (C=O) groups is 1. The standard InChI is InChI=1S/C21H16N4O2S/c1-2-11-25-20(27)15-9-8-14(12-17(15)24-21(25)28)19(26)23-16-7-3-5-13-6-4-10-22-18(13)16/h2-10,12H,1,11H2,(H,23,26)(H,24,28). The molecule has 2 heterocycles. The average Bonchev–Trinajstić information content (AvgIpc) is 2.71. The van der Waals surface area contributed by atoms with Crippen molar-refractivity contribution >= 4 is 45.6 Å². The second kappa shape index (κ2) is 7.21. The lowest BCUT2D eigenvalue weighted by molar-refractivity contribution is 0.102. The topological polar surface area (TPSA) is 79.8 Å². The molecule has 0 saturated heterocycles. The Morgan fingerprint density at radius 3 is 2.89 bits per heavy atom. The van der Waals surface area contributed by atoms with E-state index in [2.05, 4.69) is 21.9 Å². The SMILES string of the molecule is C=CCn1c(=S)[nH]c2cc(C(=O)Nc3cccc4cccnc34)ccc2c1=O. The minimum atomic E-state index is -0.297. The number of rotatable bonds is 4. The van der Waals surface area contributed by atoms with E-state index < -0.39 is 0 Å². The van der Waals surface area contributed by atoms with Crippen molar-refractivity contribution in [3.8, 4) is 0 Å². The number of benzene rings is 2. The molecule has 7 heteroatoms. The molecule has 0 unspecified atom stereocenters. The van der Waals surface area contributed by atoms with Crippen LogP contribution in [0.5, 0.6) is 0 Å². The Morgan fingerprint density at radius 2 is 2.07 bits per heavy atom. The van der Waals surface area contributed by atoms with Gasteiger partial charge in [-0.3, -0.25) is 19.1 Å². The molecule has 2 N–H and O–H groups in total. The fraction of sp³-hybridized carbons (Fsp3) is 0.0476. The fourth-order valence-electron chi connectivity index (χ4n) is 3.09. The van der Waals surface area contributed by atoms with E-state index in [-0.39, 0.29) is 16.2 Å². The molecule has 0 radical (unpaired) electrons. The van der Waals surface area contributed by atoms with E-state index >= 15 is 0 Å². The van der Waals surface area contributed by atoms with E-state index in [1.54, 1.807) is 36.5 Å². The molecule has 0 saturated carbocycles. The summed E-state index contributed by atoms with van der Waals surface area (Å²) < 4.78 is 1.71. The summed E-state index contributed by atoms with van der Waals surface area (Å²) in [5.74, 6) is -0.297. The minimum Gasteiger partial charge on any atom is -0.332 e. The predicted octanol–water partition coefficient (Wildman–Crippen LogP) is 4.05. The van der Waals surface area contributed by atoms with Crippen molar-refractivity contribution in [3.05, 3.63) is 88.1 Å². The summed E-state index contributed by atoms with van der Waals surface area (Å²) in [5.41, 5.74) is 2.04. The number of pyridine rings is 1. The number of hydrogen-bond acceptors (Lipinski definition) is 4. The molecule has 6 nitrogen and oxygen atoms in total. The molecule has 2 aromatic heterocycles. The summed E-state index contributed by atoms with van der Waals surface area (Å²) in [6.07, 6.45) is 3.29. The number of aromatic amines is 1. The van der Waals surface area contributed by atoms with Gasteiger partial charge in [0.25, 0.3) is 11.5 Å². The van der Waals surface area contributed by atoms with Crippen LogP contribution >= 0.6 is 12.2 Å². The Hall–Kier alpha value is -3.58. The number of para-hydroxylation sites is 1. The number of aromatic nitrogens is 3. The maximum Gasteiger partial charge on any atom is 0.262 e. The third-order valence-corrected chi connectivity index (χ3v) is 4.76. The minimum absolute atomic E-state index is 0.219. The van der Waals surface area contributed by atoms with Gasteiger partial charge in [0.2, 0.25) is 0 Å². The first-order valence-electron chi connectivity index (χ1n) is 8.61. The largest absolute Gasteiger partial charge is 0.332 e. The van der Waals surface area contributed by atoms with Gasteiger partial charge in [-0.15, -0.1) is 6.58 Å². The molecule has 4 aromatic rings. The van der Waals surface area contributed by atoms with Gasteiger partial charge < -0.3 is 10.3 Å². The van der Waals surface area contributed by atoms with Gasteiger partial charge in [0.1, 0.15) is 0 Å². The third kappa shape index (κ3) is 3.12. The molecule has 1 amide bonds. The van der Waals surface area contributed by atoms with Crippen LogP contribution < -0.4 is 10.9 Å². The van der Waals surface area contributed by atoms with E-state index in [1.165, 1.54) is 4.57 Å².